The summed E-state index contributed by atoms with van der Waals surface area (Å²) in [6, 6.07) is 6.29. The molecule has 0 aliphatic carbocycles. The molecule has 2 atom stereocenters. The molecule has 1 heterocycles. The minimum Gasteiger partial charge on any atom is -0.389 e. The highest BCUT2D eigenvalue weighted by atomic mass is 79.9. The summed E-state index contributed by atoms with van der Waals surface area (Å²) in [5, 5.41) is 9.64. The summed E-state index contributed by atoms with van der Waals surface area (Å²) in [4.78, 5) is 2.46. The molecule has 1 N–H and O–H groups in total. The molecule has 1 saturated heterocycles. The van der Waals surface area contributed by atoms with E-state index in [1.54, 1.807) is 6.92 Å². The molecule has 2 unspecified atom stereocenters. The van der Waals surface area contributed by atoms with E-state index in [9.17, 15) is 5.11 Å². The number of rotatable bonds is 2. The minimum absolute atomic E-state index is 0.419. The maximum Gasteiger partial charge on any atom is 0.0772 e. The van der Waals surface area contributed by atoms with Crippen LogP contribution in [0.5, 0.6) is 0 Å². The molecule has 1 aliphatic rings. The third kappa shape index (κ3) is 3.27. The van der Waals surface area contributed by atoms with Crippen LogP contribution in [0.2, 0.25) is 0 Å². The van der Waals surface area contributed by atoms with E-state index in [1.807, 2.05) is 6.07 Å². The predicted octanol–water partition coefficient (Wildman–Crippen LogP) is 4.13. The second-order valence-corrected chi connectivity index (χ2v) is 6.26. The zero-order valence-electron chi connectivity index (χ0n) is 11.2. The quantitative estimate of drug-likeness (QED) is 0.887. The van der Waals surface area contributed by atoms with Gasteiger partial charge in [0.15, 0.2) is 0 Å². The fraction of sp³-hybridized carbons (Fsp3) is 0.600. The Labute approximate surface area is 118 Å². The SMILES string of the molecule is CC1CCCN(c2ccc(C(C)O)c(Br)c2)CC1. The van der Waals surface area contributed by atoms with Crippen molar-refractivity contribution < 1.29 is 5.11 Å². The fourth-order valence-electron chi connectivity index (χ4n) is 2.57. The predicted molar refractivity (Wildman–Crippen MR) is 80.0 cm³/mol. The first-order chi connectivity index (χ1) is 8.58. The van der Waals surface area contributed by atoms with Crippen molar-refractivity contribution in [1.29, 1.82) is 0 Å². The van der Waals surface area contributed by atoms with Gasteiger partial charge in [-0.25, -0.2) is 0 Å². The molecule has 1 fully saturated rings. The van der Waals surface area contributed by atoms with Crippen molar-refractivity contribution in [1.82, 2.24) is 0 Å². The standard InChI is InChI=1S/C15H22BrNO/c1-11-4-3-8-17(9-7-11)13-5-6-14(12(2)18)15(16)10-13/h5-6,10-12,18H,3-4,7-9H2,1-2H3. The molecule has 2 rings (SSSR count). The van der Waals surface area contributed by atoms with Crippen LogP contribution in [0.15, 0.2) is 22.7 Å². The molecule has 18 heavy (non-hydrogen) atoms. The number of aliphatic hydroxyl groups excluding tert-OH is 1. The van der Waals surface area contributed by atoms with Crippen LogP contribution in [0, 0.1) is 5.92 Å². The van der Waals surface area contributed by atoms with Crippen molar-refractivity contribution in [2.24, 2.45) is 5.92 Å². The van der Waals surface area contributed by atoms with Gasteiger partial charge in [0.1, 0.15) is 0 Å². The largest absolute Gasteiger partial charge is 0.389 e. The molecule has 0 saturated carbocycles. The highest BCUT2D eigenvalue weighted by Crippen LogP contribution is 2.30. The van der Waals surface area contributed by atoms with Gasteiger partial charge >= 0.3 is 0 Å². The second-order valence-electron chi connectivity index (χ2n) is 5.40. The van der Waals surface area contributed by atoms with E-state index >= 15 is 0 Å². The number of hydrogen-bond acceptors (Lipinski definition) is 2. The molecule has 2 nitrogen and oxygen atoms in total. The van der Waals surface area contributed by atoms with Crippen molar-refractivity contribution in [2.45, 2.75) is 39.2 Å². The first-order valence-electron chi connectivity index (χ1n) is 6.80. The van der Waals surface area contributed by atoms with Gasteiger partial charge in [-0.15, -0.1) is 0 Å². The molecule has 100 valence electrons. The smallest absolute Gasteiger partial charge is 0.0772 e. The number of hydrogen-bond donors (Lipinski definition) is 1. The van der Waals surface area contributed by atoms with Crippen molar-refractivity contribution in [3.63, 3.8) is 0 Å². The Bertz CT molecular complexity index is 405. The van der Waals surface area contributed by atoms with Crippen molar-refractivity contribution in [3.8, 4) is 0 Å². The summed E-state index contributed by atoms with van der Waals surface area (Å²) >= 11 is 3.56. The molecule has 1 aliphatic heterocycles. The van der Waals surface area contributed by atoms with Gasteiger partial charge in [0.2, 0.25) is 0 Å². The zero-order valence-corrected chi connectivity index (χ0v) is 12.8. The molecular weight excluding hydrogens is 290 g/mol. The van der Waals surface area contributed by atoms with Gasteiger partial charge in [0, 0.05) is 23.2 Å². The monoisotopic (exact) mass is 311 g/mol. The molecule has 0 bridgehead atoms. The number of benzene rings is 1. The van der Waals surface area contributed by atoms with Crippen LogP contribution in [0.25, 0.3) is 0 Å². The summed E-state index contributed by atoms with van der Waals surface area (Å²) in [7, 11) is 0. The Kier molecular flexibility index (Phi) is 4.68. The molecule has 0 radical (unpaired) electrons. The molecule has 1 aromatic carbocycles. The Hall–Kier alpha value is -0.540. The lowest BCUT2D eigenvalue weighted by molar-refractivity contribution is 0.198. The topological polar surface area (TPSA) is 23.5 Å². The van der Waals surface area contributed by atoms with E-state index in [0.29, 0.717) is 0 Å². The van der Waals surface area contributed by atoms with Crippen LogP contribution in [0.4, 0.5) is 5.69 Å². The minimum atomic E-state index is -0.419. The number of halogens is 1. The van der Waals surface area contributed by atoms with Crippen LogP contribution >= 0.6 is 15.9 Å². The third-order valence-electron chi connectivity index (χ3n) is 3.82. The molecule has 0 amide bonds. The molecule has 1 aromatic rings. The van der Waals surface area contributed by atoms with Crippen LogP contribution in [0.3, 0.4) is 0 Å². The van der Waals surface area contributed by atoms with Crippen LogP contribution in [-0.2, 0) is 0 Å². The lowest BCUT2D eigenvalue weighted by Crippen LogP contribution is -2.24. The van der Waals surface area contributed by atoms with Gasteiger partial charge in [0.05, 0.1) is 6.10 Å². The van der Waals surface area contributed by atoms with Gasteiger partial charge in [0.25, 0.3) is 0 Å². The Balaban J connectivity index is 2.15. The van der Waals surface area contributed by atoms with E-state index in [0.717, 1.165) is 29.0 Å². The van der Waals surface area contributed by atoms with E-state index < -0.39 is 6.10 Å². The normalized spacial score (nSPS) is 22.7. The lowest BCUT2D eigenvalue weighted by Gasteiger charge is -2.24. The number of aliphatic hydroxyl groups is 1. The Morgan fingerprint density at radius 2 is 2.11 bits per heavy atom. The first-order valence-corrected chi connectivity index (χ1v) is 7.59. The van der Waals surface area contributed by atoms with E-state index in [1.165, 1.54) is 24.9 Å². The van der Waals surface area contributed by atoms with Crippen LogP contribution in [0.1, 0.15) is 44.8 Å². The molecule has 0 spiro atoms. The van der Waals surface area contributed by atoms with Gasteiger partial charge < -0.3 is 10.0 Å². The number of nitrogens with zero attached hydrogens (tertiary/aromatic N) is 1. The van der Waals surface area contributed by atoms with Crippen LogP contribution < -0.4 is 4.90 Å². The molecular formula is C15H22BrNO. The van der Waals surface area contributed by atoms with Crippen molar-refractivity contribution in [3.05, 3.63) is 28.2 Å². The summed E-state index contributed by atoms with van der Waals surface area (Å²) in [5.41, 5.74) is 2.22. The average molecular weight is 312 g/mol. The lowest BCUT2D eigenvalue weighted by atomic mass is 10.0. The second kappa shape index (κ2) is 6.07. The summed E-state index contributed by atoms with van der Waals surface area (Å²) in [6.07, 6.45) is 3.47. The highest BCUT2D eigenvalue weighted by Gasteiger charge is 2.15. The zero-order chi connectivity index (χ0) is 13.1. The molecule has 3 heteroatoms. The van der Waals surface area contributed by atoms with Gasteiger partial charge in [-0.1, -0.05) is 28.9 Å². The van der Waals surface area contributed by atoms with Gasteiger partial charge in [-0.3, -0.25) is 0 Å². The Morgan fingerprint density at radius 3 is 2.78 bits per heavy atom. The Morgan fingerprint density at radius 1 is 1.33 bits per heavy atom. The highest BCUT2D eigenvalue weighted by molar-refractivity contribution is 9.10. The molecule has 0 aromatic heterocycles. The number of anilines is 1. The third-order valence-corrected chi connectivity index (χ3v) is 4.50. The van der Waals surface area contributed by atoms with Crippen molar-refractivity contribution >= 4 is 21.6 Å². The average Bonchev–Trinajstić information content (AvgIpc) is 2.53. The van der Waals surface area contributed by atoms with Crippen LogP contribution in [-0.4, -0.2) is 18.2 Å². The van der Waals surface area contributed by atoms with E-state index in [-0.39, 0.29) is 0 Å². The van der Waals surface area contributed by atoms with Gasteiger partial charge in [-0.2, -0.15) is 0 Å². The maximum atomic E-state index is 9.64. The first kappa shape index (κ1) is 13.9. The van der Waals surface area contributed by atoms with Gasteiger partial charge in [-0.05, 0) is 49.8 Å². The summed E-state index contributed by atoms with van der Waals surface area (Å²) in [5.74, 6) is 0.843. The fourth-order valence-corrected chi connectivity index (χ4v) is 3.27. The van der Waals surface area contributed by atoms with E-state index in [2.05, 4.69) is 39.9 Å². The van der Waals surface area contributed by atoms with Crippen molar-refractivity contribution in [2.75, 3.05) is 18.0 Å². The van der Waals surface area contributed by atoms with E-state index in [4.69, 9.17) is 0 Å². The maximum absolute atomic E-state index is 9.64. The summed E-state index contributed by atoms with van der Waals surface area (Å²) in [6.45, 7) is 6.43. The summed E-state index contributed by atoms with van der Waals surface area (Å²) < 4.78 is 1.01.